The van der Waals surface area contributed by atoms with Crippen LogP contribution < -0.4 is 11.1 Å². The van der Waals surface area contributed by atoms with E-state index in [1.165, 1.54) is 28.2 Å². The molecule has 5 aromatic rings. The molecule has 5 nitrogen and oxygen atoms in total. The van der Waals surface area contributed by atoms with Gasteiger partial charge in [-0.05, 0) is 19.1 Å². The lowest BCUT2D eigenvalue weighted by Crippen LogP contribution is -2.11. The van der Waals surface area contributed by atoms with Gasteiger partial charge >= 0.3 is 0 Å². The summed E-state index contributed by atoms with van der Waals surface area (Å²) >= 11 is 2.68. The van der Waals surface area contributed by atoms with E-state index < -0.39 is 0 Å². The molecule has 0 atom stereocenters. The summed E-state index contributed by atoms with van der Waals surface area (Å²) in [6.07, 6.45) is 0. The highest BCUT2D eigenvalue weighted by atomic mass is 32.1. The number of rotatable bonds is 4. The van der Waals surface area contributed by atoms with Gasteiger partial charge < -0.3 is 5.73 Å². The predicted molar refractivity (Wildman–Crippen MR) is 130 cm³/mol. The number of hydrogen-bond acceptors (Lipinski definition) is 6. The summed E-state index contributed by atoms with van der Waals surface area (Å²) < 4.78 is 0. The van der Waals surface area contributed by atoms with Gasteiger partial charge in [0.05, 0.1) is 17.1 Å². The molecule has 0 saturated heterocycles. The Morgan fingerprint density at radius 3 is 2.42 bits per heavy atom. The molecule has 3 heterocycles. The molecular formula is C24H18N4OS2. The first-order valence-electron chi connectivity index (χ1n) is 9.67. The first-order chi connectivity index (χ1) is 15.1. The molecule has 2 aromatic carbocycles. The minimum absolute atomic E-state index is 0.272. The molecule has 152 valence electrons. The van der Waals surface area contributed by atoms with Crippen LogP contribution in [-0.2, 0) is 0 Å². The van der Waals surface area contributed by atoms with Crippen LogP contribution in [0.15, 0.2) is 72.1 Å². The Balaban J connectivity index is 1.41. The second-order valence-corrected chi connectivity index (χ2v) is 8.98. The number of nitrogens with zero attached hydrogens (tertiary/aromatic N) is 2. The first kappa shape index (κ1) is 19.4. The maximum absolute atomic E-state index is 12.9. The fraction of sp³-hybridized carbons (Fsp3) is 0.0417. The lowest BCUT2D eigenvalue weighted by molar-refractivity contribution is 0.103. The van der Waals surface area contributed by atoms with Gasteiger partial charge in [-0.15, -0.1) is 22.7 Å². The smallest absolute Gasteiger partial charge is 0.269 e. The van der Waals surface area contributed by atoms with Crippen LogP contribution >= 0.6 is 22.7 Å². The van der Waals surface area contributed by atoms with E-state index in [1.807, 2.05) is 79.0 Å². The number of nitrogen functional groups attached to an aromatic ring is 1. The van der Waals surface area contributed by atoms with E-state index >= 15 is 0 Å². The summed E-state index contributed by atoms with van der Waals surface area (Å²) in [5, 5.41) is 6.14. The molecule has 0 aliphatic rings. The molecule has 0 radical (unpaired) electrons. The maximum atomic E-state index is 12.9. The quantitative estimate of drug-likeness (QED) is 0.346. The highest BCUT2D eigenvalue weighted by molar-refractivity contribution is 7.21. The third-order valence-corrected chi connectivity index (χ3v) is 6.81. The summed E-state index contributed by atoms with van der Waals surface area (Å²) in [5.74, 6) is -0.272. The van der Waals surface area contributed by atoms with Crippen molar-refractivity contribution in [3.8, 4) is 22.5 Å². The van der Waals surface area contributed by atoms with Crippen LogP contribution in [0.2, 0.25) is 0 Å². The molecule has 0 fully saturated rings. The number of aryl methyl sites for hydroxylation is 1. The summed E-state index contributed by atoms with van der Waals surface area (Å²) in [6.45, 7) is 2.05. The number of anilines is 2. The lowest BCUT2D eigenvalue weighted by atomic mass is 10.1. The molecule has 3 aromatic heterocycles. The number of thiophene rings is 1. The predicted octanol–water partition coefficient (Wildman–Crippen LogP) is 6.23. The molecule has 0 spiro atoms. The fourth-order valence-corrected chi connectivity index (χ4v) is 4.98. The number of nitrogens with two attached hydrogens (primary N) is 1. The number of thiazole rings is 1. The number of benzene rings is 2. The van der Waals surface area contributed by atoms with E-state index in [2.05, 4.69) is 10.3 Å². The van der Waals surface area contributed by atoms with Crippen LogP contribution in [-0.4, -0.2) is 15.9 Å². The SMILES string of the molecule is Cc1ccc(-c2csc(NC(=O)c3sc4nc(-c5ccccc5)ccc4c3N)n2)cc1. The number of fused-ring (bicyclic) bond motifs is 1. The van der Waals surface area contributed by atoms with Crippen molar-refractivity contribution in [2.24, 2.45) is 0 Å². The van der Waals surface area contributed by atoms with Crippen molar-refractivity contribution in [1.29, 1.82) is 0 Å². The van der Waals surface area contributed by atoms with Crippen molar-refractivity contribution in [2.75, 3.05) is 11.1 Å². The zero-order valence-electron chi connectivity index (χ0n) is 16.6. The zero-order valence-corrected chi connectivity index (χ0v) is 18.3. The van der Waals surface area contributed by atoms with Crippen molar-refractivity contribution in [3.63, 3.8) is 0 Å². The molecule has 0 aliphatic carbocycles. The Kier molecular flexibility index (Phi) is 4.97. The van der Waals surface area contributed by atoms with Crippen molar-refractivity contribution < 1.29 is 4.79 Å². The van der Waals surface area contributed by atoms with Crippen LogP contribution in [0.3, 0.4) is 0 Å². The topological polar surface area (TPSA) is 80.9 Å². The Hall–Kier alpha value is -3.55. The summed E-state index contributed by atoms with van der Waals surface area (Å²) in [4.78, 5) is 23.4. The van der Waals surface area contributed by atoms with Crippen LogP contribution in [0, 0.1) is 6.92 Å². The first-order valence-corrected chi connectivity index (χ1v) is 11.4. The van der Waals surface area contributed by atoms with Crippen LogP contribution in [0.5, 0.6) is 0 Å². The second kappa shape index (κ2) is 7.94. The molecule has 0 unspecified atom stereocenters. The largest absolute Gasteiger partial charge is 0.397 e. The van der Waals surface area contributed by atoms with Gasteiger partial charge in [0.25, 0.3) is 5.91 Å². The Morgan fingerprint density at radius 1 is 0.903 bits per heavy atom. The van der Waals surface area contributed by atoms with Gasteiger partial charge in [0.2, 0.25) is 0 Å². The number of carbonyl (C=O) groups is 1. The van der Waals surface area contributed by atoms with E-state index in [4.69, 9.17) is 10.7 Å². The summed E-state index contributed by atoms with van der Waals surface area (Å²) in [6, 6.07) is 21.9. The number of hydrogen-bond donors (Lipinski definition) is 2. The van der Waals surface area contributed by atoms with Gasteiger partial charge in [0.15, 0.2) is 5.13 Å². The Morgan fingerprint density at radius 2 is 1.65 bits per heavy atom. The van der Waals surface area contributed by atoms with Crippen LogP contribution in [0.25, 0.3) is 32.7 Å². The molecule has 0 bridgehead atoms. The number of aromatic nitrogens is 2. The van der Waals surface area contributed by atoms with Crippen molar-refractivity contribution in [3.05, 3.63) is 82.6 Å². The second-order valence-electron chi connectivity index (χ2n) is 7.12. The van der Waals surface area contributed by atoms with E-state index in [9.17, 15) is 4.79 Å². The molecule has 7 heteroatoms. The average Bonchev–Trinajstić information content (AvgIpc) is 3.39. The Bertz CT molecular complexity index is 1390. The van der Waals surface area contributed by atoms with Crippen molar-refractivity contribution >= 4 is 49.6 Å². The molecule has 0 saturated carbocycles. The number of pyridine rings is 1. The minimum atomic E-state index is -0.272. The normalized spacial score (nSPS) is 11.0. The van der Waals surface area contributed by atoms with Gasteiger partial charge in [-0.25, -0.2) is 9.97 Å². The molecule has 3 N–H and O–H groups in total. The van der Waals surface area contributed by atoms with Gasteiger partial charge in [0, 0.05) is 21.9 Å². The third kappa shape index (κ3) is 3.81. The van der Waals surface area contributed by atoms with Gasteiger partial charge in [-0.3, -0.25) is 10.1 Å². The lowest BCUT2D eigenvalue weighted by Gasteiger charge is -2.01. The van der Waals surface area contributed by atoms with Crippen LogP contribution in [0.4, 0.5) is 10.8 Å². The summed E-state index contributed by atoms with van der Waals surface area (Å²) in [5.41, 5.74) is 11.6. The van der Waals surface area contributed by atoms with E-state index in [0.29, 0.717) is 15.7 Å². The van der Waals surface area contributed by atoms with Gasteiger partial charge in [0.1, 0.15) is 9.71 Å². The average molecular weight is 443 g/mol. The van der Waals surface area contributed by atoms with E-state index in [-0.39, 0.29) is 5.91 Å². The molecule has 5 rings (SSSR count). The monoisotopic (exact) mass is 442 g/mol. The third-order valence-electron chi connectivity index (χ3n) is 4.94. The molecular weight excluding hydrogens is 424 g/mol. The fourth-order valence-electron chi connectivity index (χ4n) is 3.28. The van der Waals surface area contributed by atoms with E-state index in [1.54, 1.807) is 0 Å². The highest BCUT2D eigenvalue weighted by Crippen LogP contribution is 2.35. The van der Waals surface area contributed by atoms with Gasteiger partial charge in [-0.2, -0.15) is 0 Å². The molecule has 1 amide bonds. The number of amides is 1. The highest BCUT2D eigenvalue weighted by Gasteiger charge is 2.19. The molecule has 0 aliphatic heterocycles. The van der Waals surface area contributed by atoms with E-state index in [0.717, 1.165) is 32.7 Å². The molecule has 31 heavy (non-hydrogen) atoms. The zero-order chi connectivity index (χ0) is 21.4. The maximum Gasteiger partial charge on any atom is 0.269 e. The van der Waals surface area contributed by atoms with Crippen LogP contribution in [0.1, 0.15) is 15.2 Å². The number of nitrogens with one attached hydrogen (secondary N) is 1. The van der Waals surface area contributed by atoms with Crippen molar-refractivity contribution in [2.45, 2.75) is 6.92 Å². The Labute approximate surface area is 187 Å². The minimum Gasteiger partial charge on any atom is -0.397 e. The summed E-state index contributed by atoms with van der Waals surface area (Å²) in [7, 11) is 0. The van der Waals surface area contributed by atoms with Crippen molar-refractivity contribution in [1.82, 2.24) is 9.97 Å². The standard InChI is InChI=1S/C24H18N4OS2/c1-14-7-9-16(10-8-14)19-13-30-24(27-19)28-22(29)21-20(25)17-11-12-18(26-23(17)31-21)15-5-3-2-4-6-15/h2-13H,25H2,1H3,(H,27,28,29). The van der Waals surface area contributed by atoms with Gasteiger partial charge in [-0.1, -0.05) is 60.2 Å². The number of carbonyl (C=O) groups excluding carboxylic acids is 1.